The molecule has 1 aromatic heterocycles. The van der Waals surface area contributed by atoms with E-state index in [9.17, 15) is 14.0 Å². The van der Waals surface area contributed by atoms with Gasteiger partial charge in [-0.25, -0.2) is 4.39 Å². The number of aromatic nitrogens is 1. The predicted molar refractivity (Wildman–Crippen MR) is 94.9 cm³/mol. The molecule has 2 aromatic carbocycles. The van der Waals surface area contributed by atoms with Crippen LogP contribution in [-0.4, -0.2) is 30.0 Å². The molecular formula is C20H18FNO4. The third-order valence-corrected chi connectivity index (χ3v) is 4.13. The smallest absolute Gasteiger partial charge is 0.326 e. The van der Waals surface area contributed by atoms with Crippen LogP contribution in [0.3, 0.4) is 0 Å². The number of para-hydroxylation sites is 1. The summed E-state index contributed by atoms with van der Waals surface area (Å²) in [5.41, 5.74) is 1.88. The van der Waals surface area contributed by atoms with Crippen molar-refractivity contribution < 1.29 is 23.5 Å². The zero-order valence-corrected chi connectivity index (χ0v) is 14.5. The molecule has 0 aliphatic heterocycles. The van der Waals surface area contributed by atoms with Crippen molar-refractivity contribution in [3.8, 4) is 5.75 Å². The van der Waals surface area contributed by atoms with Crippen LogP contribution in [0.1, 0.15) is 16.1 Å². The fraction of sp³-hybridized carbons (Fsp3) is 0.200. The minimum absolute atomic E-state index is 0.00703. The quantitative estimate of drug-likeness (QED) is 0.501. The largest absolute Gasteiger partial charge is 0.496 e. The summed E-state index contributed by atoms with van der Waals surface area (Å²) < 4.78 is 25.3. The molecule has 0 aliphatic carbocycles. The molecule has 26 heavy (non-hydrogen) atoms. The Hall–Kier alpha value is -3.15. The zero-order chi connectivity index (χ0) is 18.7. The van der Waals surface area contributed by atoms with Gasteiger partial charge in [0.25, 0.3) is 0 Å². The molecule has 3 aromatic rings. The van der Waals surface area contributed by atoms with Crippen LogP contribution in [-0.2, 0) is 16.1 Å². The Morgan fingerprint density at radius 1 is 1.12 bits per heavy atom. The van der Waals surface area contributed by atoms with Crippen molar-refractivity contribution in [3.63, 3.8) is 0 Å². The number of fused-ring (bicyclic) bond motifs is 1. The molecule has 0 aliphatic rings. The first kappa shape index (κ1) is 17.7. The monoisotopic (exact) mass is 355 g/mol. The van der Waals surface area contributed by atoms with Crippen molar-refractivity contribution in [1.29, 1.82) is 0 Å². The lowest BCUT2D eigenvalue weighted by atomic mass is 10.1. The highest BCUT2D eigenvalue weighted by atomic mass is 19.1. The van der Waals surface area contributed by atoms with Crippen molar-refractivity contribution >= 4 is 22.7 Å². The van der Waals surface area contributed by atoms with Crippen molar-refractivity contribution in [3.05, 3.63) is 65.6 Å². The average molecular weight is 355 g/mol. The van der Waals surface area contributed by atoms with Crippen LogP contribution in [0, 0.1) is 12.7 Å². The van der Waals surface area contributed by atoms with Crippen molar-refractivity contribution in [2.24, 2.45) is 0 Å². The van der Waals surface area contributed by atoms with Gasteiger partial charge in [-0.2, -0.15) is 0 Å². The second-order valence-electron chi connectivity index (χ2n) is 5.86. The highest BCUT2D eigenvalue weighted by molar-refractivity contribution is 6.00. The molecule has 5 nitrogen and oxygen atoms in total. The Labute approximate surface area is 149 Å². The molecule has 0 atom stereocenters. The summed E-state index contributed by atoms with van der Waals surface area (Å²) in [5, 5.41) is 1.03. The molecule has 0 bridgehead atoms. The van der Waals surface area contributed by atoms with Gasteiger partial charge in [-0.3, -0.25) is 9.59 Å². The summed E-state index contributed by atoms with van der Waals surface area (Å²) in [5.74, 6) is -1.39. The SMILES string of the molecule is COc1ccc(F)cc1C(=O)COC(=O)Cn1c(C)cc2ccccc21. The van der Waals surface area contributed by atoms with E-state index in [1.165, 1.54) is 19.2 Å². The number of hydrogen-bond donors (Lipinski definition) is 0. The molecular weight excluding hydrogens is 337 g/mol. The van der Waals surface area contributed by atoms with Gasteiger partial charge in [0.2, 0.25) is 5.78 Å². The summed E-state index contributed by atoms with van der Waals surface area (Å²) in [6, 6.07) is 13.3. The first-order valence-corrected chi connectivity index (χ1v) is 8.07. The Morgan fingerprint density at radius 2 is 1.88 bits per heavy atom. The minimum Gasteiger partial charge on any atom is -0.496 e. The molecule has 134 valence electrons. The van der Waals surface area contributed by atoms with Crippen LogP contribution in [0.25, 0.3) is 10.9 Å². The van der Waals surface area contributed by atoms with Gasteiger partial charge in [0.1, 0.15) is 18.1 Å². The van der Waals surface area contributed by atoms with Crippen LogP contribution >= 0.6 is 0 Å². The van der Waals surface area contributed by atoms with E-state index in [1.54, 1.807) is 0 Å². The number of halogens is 1. The second kappa shape index (κ2) is 7.39. The van der Waals surface area contributed by atoms with Gasteiger partial charge in [0, 0.05) is 11.2 Å². The van der Waals surface area contributed by atoms with Gasteiger partial charge in [0.05, 0.1) is 12.7 Å². The fourth-order valence-corrected chi connectivity index (χ4v) is 2.85. The molecule has 0 saturated carbocycles. The maximum absolute atomic E-state index is 13.4. The molecule has 0 N–H and O–H groups in total. The van der Waals surface area contributed by atoms with E-state index in [0.29, 0.717) is 0 Å². The highest BCUT2D eigenvalue weighted by Crippen LogP contribution is 2.21. The summed E-state index contributed by atoms with van der Waals surface area (Å²) in [4.78, 5) is 24.4. The van der Waals surface area contributed by atoms with Gasteiger partial charge < -0.3 is 14.0 Å². The number of aryl methyl sites for hydroxylation is 1. The lowest BCUT2D eigenvalue weighted by molar-refractivity contribution is -0.143. The highest BCUT2D eigenvalue weighted by Gasteiger charge is 2.17. The molecule has 0 spiro atoms. The van der Waals surface area contributed by atoms with Crippen LogP contribution in [0.4, 0.5) is 4.39 Å². The summed E-state index contributed by atoms with van der Waals surface area (Å²) in [6.45, 7) is 1.42. The van der Waals surface area contributed by atoms with Gasteiger partial charge >= 0.3 is 5.97 Å². The number of carbonyl (C=O) groups excluding carboxylic acids is 2. The standard InChI is InChI=1S/C20H18FNO4/c1-13-9-14-5-3-4-6-17(14)22(13)11-20(24)26-12-18(23)16-10-15(21)7-8-19(16)25-2/h3-10H,11-12H2,1-2H3. The molecule has 1 heterocycles. The third kappa shape index (κ3) is 3.59. The van der Waals surface area contributed by atoms with Crippen LogP contribution < -0.4 is 4.74 Å². The number of rotatable bonds is 6. The van der Waals surface area contributed by atoms with Gasteiger partial charge in [-0.1, -0.05) is 18.2 Å². The van der Waals surface area contributed by atoms with E-state index in [-0.39, 0.29) is 17.9 Å². The first-order valence-electron chi connectivity index (χ1n) is 8.07. The number of ether oxygens (including phenoxy) is 2. The molecule has 0 amide bonds. The van der Waals surface area contributed by atoms with Crippen molar-refractivity contribution in [1.82, 2.24) is 4.57 Å². The van der Waals surface area contributed by atoms with Crippen molar-refractivity contribution in [2.45, 2.75) is 13.5 Å². The Bertz CT molecular complexity index is 977. The molecule has 6 heteroatoms. The van der Waals surface area contributed by atoms with Gasteiger partial charge in [-0.15, -0.1) is 0 Å². The summed E-state index contributed by atoms with van der Waals surface area (Å²) >= 11 is 0. The van der Waals surface area contributed by atoms with Crippen LogP contribution in [0.5, 0.6) is 5.75 Å². The predicted octanol–water partition coefficient (Wildman–Crippen LogP) is 3.52. The van der Waals surface area contributed by atoms with E-state index >= 15 is 0 Å². The maximum Gasteiger partial charge on any atom is 0.326 e. The fourth-order valence-electron chi connectivity index (χ4n) is 2.85. The minimum atomic E-state index is -0.560. The second-order valence-corrected chi connectivity index (χ2v) is 5.86. The number of esters is 1. The van der Waals surface area contributed by atoms with E-state index in [2.05, 4.69) is 0 Å². The van der Waals surface area contributed by atoms with Crippen LogP contribution in [0.2, 0.25) is 0 Å². The average Bonchev–Trinajstić information content (AvgIpc) is 2.95. The number of nitrogens with zero attached hydrogens (tertiary/aromatic N) is 1. The number of ketones is 1. The zero-order valence-electron chi connectivity index (χ0n) is 14.5. The third-order valence-electron chi connectivity index (χ3n) is 4.13. The number of hydrogen-bond acceptors (Lipinski definition) is 4. The maximum atomic E-state index is 13.4. The van der Waals surface area contributed by atoms with E-state index in [1.807, 2.05) is 41.8 Å². The van der Waals surface area contributed by atoms with E-state index < -0.39 is 24.2 Å². The number of methoxy groups -OCH3 is 1. The first-order chi connectivity index (χ1) is 12.5. The van der Waals surface area contributed by atoms with E-state index in [4.69, 9.17) is 9.47 Å². The molecule has 0 radical (unpaired) electrons. The van der Waals surface area contributed by atoms with Crippen molar-refractivity contribution in [2.75, 3.05) is 13.7 Å². The summed E-state index contributed by atoms with van der Waals surface area (Å²) in [7, 11) is 1.38. The normalized spacial score (nSPS) is 10.7. The van der Waals surface area contributed by atoms with Gasteiger partial charge in [-0.05, 0) is 42.6 Å². The lowest BCUT2D eigenvalue weighted by Crippen LogP contribution is -2.19. The van der Waals surface area contributed by atoms with Gasteiger partial charge in [0.15, 0.2) is 6.61 Å². The summed E-state index contributed by atoms with van der Waals surface area (Å²) in [6.07, 6.45) is 0. The topological polar surface area (TPSA) is 57.5 Å². The number of carbonyl (C=O) groups is 2. The molecule has 0 unspecified atom stereocenters. The Kier molecular flexibility index (Phi) is 5.02. The molecule has 3 rings (SSSR count). The van der Waals surface area contributed by atoms with E-state index in [0.717, 1.165) is 22.7 Å². The number of Topliss-reactive ketones (excluding diaryl/α,β-unsaturated/α-hetero) is 1. The molecule has 0 saturated heterocycles. The Balaban J connectivity index is 1.68. The number of benzene rings is 2. The molecule has 0 fully saturated rings. The lowest BCUT2D eigenvalue weighted by Gasteiger charge is -2.10. The Morgan fingerprint density at radius 3 is 2.65 bits per heavy atom. The van der Waals surface area contributed by atoms with Crippen LogP contribution in [0.15, 0.2) is 48.5 Å².